The Balaban J connectivity index is 1.30. The summed E-state index contributed by atoms with van der Waals surface area (Å²) in [6.45, 7) is 2.97. The third kappa shape index (κ3) is 3.80. The van der Waals surface area contributed by atoms with Gasteiger partial charge in [0.25, 0.3) is 5.91 Å². The molecule has 4 heterocycles. The van der Waals surface area contributed by atoms with Gasteiger partial charge in [-0.3, -0.25) is 9.48 Å². The zero-order chi connectivity index (χ0) is 25.8. The lowest BCUT2D eigenvalue weighted by molar-refractivity contribution is 0.0673. The summed E-state index contributed by atoms with van der Waals surface area (Å²) in [7, 11) is 0. The number of carbonyl (C=O) groups is 1. The van der Waals surface area contributed by atoms with Gasteiger partial charge in [0.2, 0.25) is 13.6 Å². The van der Waals surface area contributed by atoms with Crippen molar-refractivity contribution in [1.82, 2.24) is 14.8 Å². The van der Waals surface area contributed by atoms with Crippen LogP contribution < -0.4 is 18.9 Å². The molecule has 3 aliphatic heterocycles. The number of nitrogens with zero attached hydrogens (tertiary/aromatic N) is 4. The number of aryl methyl sites for hydroxylation is 1. The Hall–Kier alpha value is -3.98. The maximum atomic E-state index is 13.9. The number of carbonyl (C=O) groups excluding carboxylic acids is 1. The van der Waals surface area contributed by atoms with Gasteiger partial charge in [0, 0.05) is 18.7 Å². The van der Waals surface area contributed by atoms with Crippen molar-refractivity contribution in [1.29, 1.82) is 0 Å². The van der Waals surface area contributed by atoms with Gasteiger partial charge in [-0.15, -0.1) is 0 Å². The van der Waals surface area contributed by atoms with Crippen molar-refractivity contribution in [3.63, 3.8) is 0 Å². The molecule has 2 aromatic carbocycles. The van der Waals surface area contributed by atoms with Crippen molar-refractivity contribution in [2.45, 2.75) is 38.8 Å². The molecule has 0 bridgehead atoms. The third-order valence-corrected chi connectivity index (χ3v) is 7.71. The summed E-state index contributed by atoms with van der Waals surface area (Å²) in [4.78, 5) is 13.9. The van der Waals surface area contributed by atoms with Gasteiger partial charge in [-0.05, 0) is 73.2 Å². The van der Waals surface area contributed by atoms with Crippen LogP contribution in [-0.4, -0.2) is 40.0 Å². The van der Waals surface area contributed by atoms with Gasteiger partial charge < -0.3 is 18.9 Å². The molecule has 1 amide bonds. The molecule has 0 spiro atoms. The molecule has 0 radical (unpaired) electrons. The van der Waals surface area contributed by atoms with Crippen LogP contribution in [0.3, 0.4) is 0 Å². The van der Waals surface area contributed by atoms with E-state index in [1.165, 1.54) is 0 Å². The minimum atomic E-state index is -0.325. The summed E-state index contributed by atoms with van der Waals surface area (Å²) in [5.74, 6) is 2.53. The molecule has 2 atom stereocenters. The maximum Gasteiger partial charge on any atom is 0.296 e. The standard InChI is InChI=1S/C28H25ClN4O5/c1-2-32-13-20(29)26(30-32)28(34)33-27(18-7-9-22-24(12-18)38-15-36-22)19-5-3-4-17(25(19)31-33)10-16-6-8-21-23(11-16)37-14-35-21/h6-13,19,27H,2-5,14-15H2,1H3/b17-10-. The molecule has 1 fully saturated rings. The fraction of sp³-hybridized carbons (Fsp3) is 0.321. The van der Waals surface area contributed by atoms with E-state index in [1.807, 2.05) is 43.3 Å². The van der Waals surface area contributed by atoms with E-state index >= 15 is 0 Å². The lowest BCUT2D eigenvalue weighted by Gasteiger charge is -2.29. The van der Waals surface area contributed by atoms with Crippen molar-refractivity contribution in [3.8, 4) is 23.0 Å². The monoisotopic (exact) mass is 532 g/mol. The van der Waals surface area contributed by atoms with Crippen molar-refractivity contribution in [2.75, 3.05) is 13.6 Å². The molecule has 1 saturated carbocycles. The summed E-state index contributed by atoms with van der Waals surface area (Å²) in [5.41, 5.74) is 4.15. The normalized spacial score (nSPS) is 22.1. The minimum Gasteiger partial charge on any atom is -0.454 e. The zero-order valence-corrected chi connectivity index (χ0v) is 21.5. The van der Waals surface area contributed by atoms with Gasteiger partial charge in [0.05, 0.1) is 16.8 Å². The van der Waals surface area contributed by atoms with Gasteiger partial charge >= 0.3 is 0 Å². The van der Waals surface area contributed by atoms with Crippen molar-refractivity contribution in [3.05, 3.63) is 70.0 Å². The highest BCUT2D eigenvalue weighted by molar-refractivity contribution is 6.33. The number of hydrogen-bond acceptors (Lipinski definition) is 7. The van der Waals surface area contributed by atoms with Gasteiger partial charge in [-0.25, -0.2) is 5.01 Å². The molecule has 38 heavy (non-hydrogen) atoms. The molecule has 7 rings (SSSR count). The average Bonchev–Trinajstić information content (AvgIpc) is 3.72. The highest BCUT2D eigenvalue weighted by Gasteiger charge is 2.45. The lowest BCUT2D eigenvalue weighted by atomic mass is 9.77. The number of hydrogen-bond donors (Lipinski definition) is 0. The quantitative estimate of drug-likeness (QED) is 0.444. The Morgan fingerprint density at radius 2 is 1.79 bits per heavy atom. The van der Waals surface area contributed by atoms with Crippen LogP contribution in [-0.2, 0) is 6.54 Å². The first-order valence-corrected chi connectivity index (χ1v) is 13.1. The van der Waals surface area contributed by atoms with E-state index in [-0.39, 0.29) is 37.1 Å². The summed E-state index contributed by atoms with van der Waals surface area (Å²) >= 11 is 6.45. The van der Waals surface area contributed by atoms with E-state index in [1.54, 1.807) is 15.9 Å². The van der Waals surface area contributed by atoms with Crippen LogP contribution in [0, 0.1) is 5.92 Å². The predicted molar refractivity (Wildman–Crippen MR) is 140 cm³/mol. The second-order valence-electron chi connectivity index (χ2n) is 9.65. The molecule has 9 nitrogen and oxygen atoms in total. The van der Waals surface area contributed by atoms with E-state index in [2.05, 4.69) is 11.2 Å². The fourth-order valence-corrected chi connectivity index (χ4v) is 5.85. The topological polar surface area (TPSA) is 87.4 Å². The van der Waals surface area contributed by atoms with Gasteiger partial charge in [-0.1, -0.05) is 23.7 Å². The van der Waals surface area contributed by atoms with Gasteiger partial charge in [0.15, 0.2) is 28.7 Å². The van der Waals surface area contributed by atoms with Crippen molar-refractivity contribution in [2.24, 2.45) is 11.0 Å². The summed E-state index contributed by atoms with van der Waals surface area (Å²) < 4.78 is 23.9. The summed E-state index contributed by atoms with van der Waals surface area (Å²) in [6, 6.07) is 11.4. The lowest BCUT2D eigenvalue weighted by Crippen LogP contribution is -2.32. The first kappa shape index (κ1) is 23.2. The Kier molecular flexibility index (Phi) is 5.54. The van der Waals surface area contributed by atoms with Crippen LogP contribution in [0.15, 0.2) is 53.3 Å². The average molecular weight is 533 g/mol. The van der Waals surface area contributed by atoms with Gasteiger partial charge in [0.1, 0.15) is 0 Å². The van der Waals surface area contributed by atoms with E-state index < -0.39 is 0 Å². The van der Waals surface area contributed by atoms with Crippen molar-refractivity contribution >= 4 is 29.3 Å². The number of amides is 1. The number of rotatable bonds is 4. The third-order valence-electron chi connectivity index (χ3n) is 7.43. The Bertz CT molecular complexity index is 1510. The molecule has 4 aliphatic rings. The number of allylic oxidation sites excluding steroid dienone is 1. The largest absolute Gasteiger partial charge is 0.454 e. The molecule has 1 aromatic heterocycles. The molecular formula is C28H25ClN4O5. The van der Waals surface area contributed by atoms with Crippen molar-refractivity contribution < 1.29 is 23.7 Å². The van der Waals surface area contributed by atoms with Crippen LogP contribution in [0.25, 0.3) is 6.08 Å². The Morgan fingerprint density at radius 1 is 1.05 bits per heavy atom. The number of ether oxygens (including phenoxy) is 4. The van der Waals surface area contributed by atoms with Crippen LogP contribution in [0.1, 0.15) is 53.8 Å². The highest BCUT2D eigenvalue weighted by atomic mass is 35.5. The number of halogens is 1. The smallest absolute Gasteiger partial charge is 0.296 e. The minimum absolute atomic E-state index is 0.0142. The number of benzene rings is 2. The Labute approximate surface area is 224 Å². The first-order valence-electron chi connectivity index (χ1n) is 12.7. The molecule has 0 N–H and O–H groups in total. The van der Waals surface area contributed by atoms with Crippen LogP contribution in [0.2, 0.25) is 5.02 Å². The molecule has 2 unspecified atom stereocenters. The SMILES string of the molecule is CCn1cc(Cl)c(C(=O)N2N=C3/C(=C\c4ccc5c(c4)OCO5)CCCC3C2c2ccc3c(c2)OCO3)n1. The second-order valence-corrected chi connectivity index (χ2v) is 10.1. The number of fused-ring (bicyclic) bond motifs is 3. The summed E-state index contributed by atoms with van der Waals surface area (Å²) in [5, 5.41) is 11.3. The van der Waals surface area contributed by atoms with Gasteiger partial charge in [-0.2, -0.15) is 10.2 Å². The van der Waals surface area contributed by atoms with Crippen LogP contribution in [0.4, 0.5) is 0 Å². The molecule has 1 aliphatic carbocycles. The molecule has 0 saturated heterocycles. The van der Waals surface area contributed by atoms with E-state index in [9.17, 15) is 4.79 Å². The van der Waals surface area contributed by atoms with Crippen LogP contribution >= 0.6 is 11.6 Å². The molecule has 3 aromatic rings. The zero-order valence-electron chi connectivity index (χ0n) is 20.7. The number of hydrazone groups is 1. The number of aromatic nitrogens is 2. The van der Waals surface area contributed by atoms with Crippen LogP contribution in [0.5, 0.6) is 23.0 Å². The van der Waals surface area contributed by atoms with E-state index in [0.29, 0.717) is 23.1 Å². The molecule has 194 valence electrons. The molecule has 10 heteroatoms. The summed E-state index contributed by atoms with van der Waals surface area (Å²) in [6.07, 6.45) is 6.55. The molecular weight excluding hydrogens is 508 g/mol. The van der Waals surface area contributed by atoms with E-state index in [4.69, 9.17) is 35.6 Å². The Morgan fingerprint density at radius 3 is 2.55 bits per heavy atom. The van der Waals surface area contributed by atoms with E-state index in [0.717, 1.165) is 53.2 Å². The fourth-order valence-electron chi connectivity index (χ4n) is 5.61. The maximum absolute atomic E-state index is 13.9. The highest BCUT2D eigenvalue weighted by Crippen LogP contribution is 2.47. The predicted octanol–water partition coefficient (Wildman–Crippen LogP) is 5.45. The first-order chi connectivity index (χ1) is 18.6. The second kappa shape index (κ2) is 9.09.